The molecule has 2 nitrogen and oxygen atoms in total. The maximum absolute atomic E-state index is 10.3. The molecular formula is C16H24O2. The first-order chi connectivity index (χ1) is 8.52. The molecule has 18 heavy (non-hydrogen) atoms. The summed E-state index contributed by atoms with van der Waals surface area (Å²) < 4.78 is 5.54. The summed E-state index contributed by atoms with van der Waals surface area (Å²) in [7, 11) is 0. The Balaban J connectivity index is 2.28. The Bertz CT molecular complexity index is 362. The number of rotatable bonds is 7. The molecule has 0 saturated heterocycles. The zero-order chi connectivity index (χ0) is 13.4. The third kappa shape index (κ3) is 5.48. The van der Waals surface area contributed by atoms with E-state index in [1.165, 1.54) is 5.57 Å². The highest BCUT2D eigenvalue weighted by Crippen LogP contribution is 2.23. The molecule has 0 amide bonds. The Morgan fingerprint density at radius 1 is 1.22 bits per heavy atom. The Kier molecular flexibility index (Phi) is 6.10. The first-order valence-electron chi connectivity index (χ1n) is 6.51. The van der Waals surface area contributed by atoms with Crippen molar-refractivity contribution in [3.63, 3.8) is 0 Å². The van der Waals surface area contributed by atoms with Crippen molar-refractivity contribution < 1.29 is 9.84 Å². The van der Waals surface area contributed by atoms with Crippen LogP contribution in [0.2, 0.25) is 0 Å². The first kappa shape index (κ1) is 14.9. The van der Waals surface area contributed by atoms with Gasteiger partial charge >= 0.3 is 0 Å². The lowest BCUT2D eigenvalue weighted by atomic mass is 9.93. The predicted molar refractivity (Wildman–Crippen MR) is 75.5 cm³/mol. The van der Waals surface area contributed by atoms with Crippen LogP contribution in [0.5, 0.6) is 0 Å². The zero-order valence-electron chi connectivity index (χ0n) is 11.6. The highest BCUT2D eigenvalue weighted by molar-refractivity contribution is 5.21. The third-order valence-electron chi connectivity index (χ3n) is 2.94. The van der Waals surface area contributed by atoms with E-state index in [4.69, 9.17) is 4.74 Å². The maximum atomic E-state index is 10.3. The van der Waals surface area contributed by atoms with Gasteiger partial charge in [-0.1, -0.05) is 42.0 Å². The van der Waals surface area contributed by atoms with E-state index in [-0.39, 0.29) is 0 Å². The van der Waals surface area contributed by atoms with Crippen LogP contribution in [0.1, 0.15) is 39.2 Å². The number of allylic oxidation sites excluding steroid dienone is 1. The molecule has 100 valence electrons. The van der Waals surface area contributed by atoms with Crippen molar-refractivity contribution in [3.8, 4) is 0 Å². The molecule has 0 bridgehead atoms. The molecule has 1 atom stereocenters. The van der Waals surface area contributed by atoms with E-state index < -0.39 is 5.60 Å². The summed E-state index contributed by atoms with van der Waals surface area (Å²) in [6, 6.07) is 9.74. The molecule has 1 aromatic rings. The molecule has 1 unspecified atom stereocenters. The summed E-state index contributed by atoms with van der Waals surface area (Å²) in [5.41, 5.74) is 1.45. The summed E-state index contributed by atoms with van der Waals surface area (Å²) in [5.74, 6) is 0. The van der Waals surface area contributed by atoms with Gasteiger partial charge in [0.2, 0.25) is 0 Å². The standard InChI is InChI=1S/C16H24O2/c1-14(2)8-7-12-18-13-11-16(3,17)15-9-5-4-6-10-15/h4-6,8-10,17H,7,11-13H2,1-3H3. The van der Waals surface area contributed by atoms with Crippen LogP contribution in [-0.4, -0.2) is 18.3 Å². The zero-order valence-corrected chi connectivity index (χ0v) is 11.6. The topological polar surface area (TPSA) is 29.5 Å². The molecule has 0 spiro atoms. The molecule has 0 aromatic heterocycles. The quantitative estimate of drug-likeness (QED) is 0.589. The van der Waals surface area contributed by atoms with Crippen LogP contribution in [-0.2, 0) is 10.3 Å². The smallest absolute Gasteiger partial charge is 0.0890 e. The molecule has 0 heterocycles. The van der Waals surface area contributed by atoms with E-state index in [1.54, 1.807) is 0 Å². The van der Waals surface area contributed by atoms with Crippen molar-refractivity contribution >= 4 is 0 Å². The van der Waals surface area contributed by atoms with Gasteiger partial charge in [0.15, 0.2) is 0 Å². The van der Waals surface area contributed by atoms with E-state index in [0.29, 0.717) is 13.0 Å². The molecule has 1 N–H and O–H groups in total. The summed E-state index contributed by atoms with van der Waals surface area (Å²) in [4.78, 5) is 0. The van der Waals surface area contributed by atoms with Gasteiger partial charge in [-0.15, -0.1) is 0 Å². The summed E-state index contributed by atoms with van der Waals surface area (Å²) in [6.07, 6.45) is 3.72. The largest absolute Gasteiger partial charge is 0.385 e. The van der Waals surface area contributed by atoms with Gasteiger partial charge in [-0.3, -0.25) is 0 Å². The fraction of sp³-hybridized carbons (Fsp3) is 0.500. The molecule has 0 fully saturated rings. The van der Waals surface area contributed by atoms with E-state index in [9.17, 15) is 5.11 Å². The van der Waals surface area contributed by atoms with Crippen LogP contribution >= 0.6 is 0 Å². The van der Waals surface area contributed by atoms with Crippen LogP contribution in [0.4, 0.5) is 0 Å². The first-order valence-corrected chi connectivity index (χ1v) is 6.51. The molecule has 0 aliphatic carbocycles. The fourth-order valence-electron chi connectivity index (χ4n) is 1.75. The monoisotopic (exact) mass is 248 g/mol. The van der Waals surface area contributed by atoms with E-state index in [0.717, 1.165) is 18.6 Å². The van der Waals surface area contributed by atoms with E-state index in [2.05, 4.69) is 19.9 Å². The lowest BCUT2D eigenvalue weighted by Crippen LogP contribution is -2.23. The van der Waals surface area contributed by atoms with E-state index in [1.807, 2.05) is 37.3 Å². The van der Waals surface area contributed by atoms with Crippen LogP contribution in [0, 0.1) is 0 Å². The Morgan fingerprint density at radius 3 is 2.50 bits per heavy atom. The van der Waals surface area contributed by atoms with Crippen molar-refractivity contribution in [2.75, 3.05) is 13.2 Å². The van der Waals surface area contributed by atoms with Crippen LogP contribution in [0.15, 0.2) is 42.0 Å². The second kappa shape index (κ2) is 7.34. The number of hydrogen-bond donors (Lipinski definition) is 1. The van der Waals surface area contributed by atoms with Crippen LogP contribution < -0.4 is 0 Å². The molecule has 1 aromatic carbocycles. The van der Waals surface area contributed by atoms with Crippen LogP contribution in [0.3, 0.4) is 0 Å². The summed E-state index contributed by atoms with van der Waals surface area (Å²) >= 11 is 0. The summed E-state index contributed by atoms with van der Waals surface area (Å²) in [5, 5.41) is 10.3. The Hall–Kier alpha value is -1.12. The molecule has 0 radical (unpaired) electrons. The highest BCUT2D eigenvalue weighted by atomic mass is 16.5. The van der Waals surface area contributed by atoms with Crippen molar-refractivity contribution in [1.82, 2.24) is 0 Å². The second-order valence-electron chi connectivity index (χ2n) is 5.07. The number of ether oxygens (including phenoxy) is 1. The van der Waals surface area contributed by atoms with Gasteiger partial charge in [0, 0.05) is 13.0 Å². The average Bonchev–Trinajstić information content (AvgIpc) is 2.34. The summed E-state index contributed by atoms with van der Waals surface area (Å²) in [6.45, 7) is 7.30. The van der Waals surface area contributed by atoms with Crippen molar-refractivity contribution in [3.05, 3.63) is 47.5 Å². The van der Waals surface area contributed by atoms with Gasteiger partial charge in [-0.05, 0) is 32.8 Å². The molecule has 0 aliphatic heterocycles. The molecule has 0 saturated carbocycles. The number of benzene rings is 1. The number of hydrogen-bond acceptors (Lipinski definition) is 2. The van der Waals surface area contributed by atoms with Crippen molar-refractivity contribution in [1.29, 1.82) is 0 Å². The lowest BCUT2D eigenvalue weighted by Gasteiger charge is -2.23. The van der Waals surface area contributed by atoms with Gasteiger partial charge in [-0.2, -0.15) is 0 Å². The average molecular weight is 248 g/mol. The van der Waals surface area contributed by atoms with Gasteiger partial charge in [0.1, 0.15) is 0 Å². The Morgan fingerprint density at radius 2 is 1.89 bits per heavy atom. The molecule has 1 rings (SSSR count). The third-order valence-corrected chi connectivity index (χ3v) is 2.94. The molecule has 2 heteroatoms. The maximum Gasteiger partial charge on any atom is 0.0890 e. The van der Waals surface area contributed by atoms with Gasteiger partial charge in [-0.25, -0.2) is 0 Å². The minimum Gasteiger partial charge on any atom is -0.385 e. The minimum atomic E-state index is -0.808. The van der Waals surface area contributed by atoms with Gasteiger partial charge in [0.25, 0.3) is 0 Å². The lowest BCUT2D eigenvalue weighted by molar-refractivity contribution is 0.0116. The van der Waals surface area contributed by atoms with Crippen molar-refractivity contribution in [2.45, 2.75) is 39.2 Å². The fourth-order valence-corrected chi connectivity index (χ4v) is 1.75. The van der Waals surface area contributed by atoms with Crippen molar-refractivity contribution in [2.24, 2.45) is 0 Å². The normalized spacial score (nSPS) is 14.0. The Labute approximate surface area is 110 Å². The predicted octanol–water partition coefficient (Wildman–Crippen LogP) is 3.66. The highest BCUT2D eigenvalue weighted by Gasteiger charge is 2.21. The van der Waals surface area contributed by atoms with Gasteiger partial charge < -0.3 is 9.84 Å². The van der Waals surface area contributed by atoms with E-state index >= 15 is 0 Å². The molecule has 0 aliphatic rings. The SMILES string of the molecule is CC(C)=CCCOCCC(C)(O)c1ccccc1. The second-order valence-corrected chi connectivity index (χ2v) is 5.07. The van der Waals surface area contributed by atoms with Gasteiger partial charge in [0.05, 0.1) is 12.2 Å². The number of aliphatic hydroxyl groups is 1. The molecular weight excluding hydrogens is 224 g/mol. The van der Waals surface area contributed by atoms with Crippen LogP contribution in [0.25, 0.3) is 0 Å². The minimum absolute atomic E-state index is 0.582.